The van der Waals surface area contributed by atoms with Crippen LogP contribution >= 0.6 is 0 Å². The van der Waals surface area contributed by atoms with Gasteiger partial charge in [-0.2, -0.15) is 0 Å². The molecule has 1 aromatic heterocycles. The van der Waals surface area contributed by atoms with Crippen LogP contribution in [0.3, 0.4) is 0 Å². The number of rotatable bonds is 12. The highest BCUT2D eigenvalue weighted by Gasteiger charge is 2.06. The number of furan rings is 1. The van der Waals surface area contributed by atoms with Gasteiger partial charge >= 0.3 is 0 Å². The SMILES string of the molecule is Cc1ccc(C(=O)C=Cc2ccccc2CCCCCCCCc2ccco2)c(C)c1. The lowest BCUT2D eigenvalue weighted by molar-refractivity contribution is 0.104. The Hall–Kier alpha value is -2.87. The topological polar surface area (TPSA) is 30.2 Å². The fourth-order valence-electron chi connectivity index (χ4n) is 4.05. The molecule has 0 saturated carbocycles. The summed E-state index contributed by atoms with van der Waals surface area (Å²) in [5.74, 6) is 1.17. The van der Waals surface area contributed by atoms with E-state index < -0.39 is 0 Å². The quantitative estimate of drug-likeness (QED) is 0.171. The number of carbonyl (C=O) groups is 1. The predicted molar refractivity (Wildman–Crippen MR) is 130 cm³/mol. The van der Waals surface area contributed by atoms with E-state index in [0.717, 1.165) is 35.3 Å². The molecule has 0 spiro atoms. The first-order chi connectivity index (χ1) is 15.1. The summed E-state index contributed by atoms with van der Waals surface area (Å²) in [5.41, 5.74) is 5.48. The molecule has 0 unspecified atom stereocenters. The summed E-state index contributed by atoms with van der Waals surface area (Å²) in [4.78, 5) is 12.6. The van der Waals surface area contributed by atoms with Gasteiger partial charge in [-0.1, -0.05) is 79.8 Å². The third-order valence-corrected chi connectivity index (χ3v) is 5.82. The molecule has 0 N–H and O–H groups in total. The van der Waals surface area contributed by atoms with E-state index >= 15 is 0 Å². The number of hydrogen-bond donors (Lipinski definition) is 0. The molecule has 2 nitrogen and oxygen atoms in total. The van der Waals surface area contributed by atoms with Crippen molar-refractivity contribution in [2.45, 2.75) is 65.2 Å². The second-order valence-corrected chi connectivity index (χ2v) is 8.42. The molecule has 2 aromatic carbocycles. The van der Waals surface area contributed by atoms with Crippen molar-refractivity contribution in [1.82, 2.24) is 0 Å². The van der Waals surface area contributed by atoms with E-state index in [1.54, 1.807) is 12.3 Å². The molecule has 3 rings (SSSR count). The summed E-state index contributed by atoms with van der Waals surface area (Å²) in [5, 5.41) is 0. The lowest BCUT2D eigenvalue weighted by Gasteiger charge is -2.07. The average molecular weight is 415 g/mol. The highest BCUT2D eigenvalue weighted by Crippen LogP contribution is 2.18. The van der Waals surface area contributed by atoms with Gasteiger partial charge in [0.1, 0.15) is 5.76 Å². The van der Waals surface area contributed by atoms with Crippen LogP contribution in [-0.4, -0.2) is 5.78 Å². The largest absolute Gasteiger partial charge is 0.469 e. The molecule has 2 heteroatoms. The summed E-state index contributed by atoms with van der Waals surface area (Å²) < 4.78 is 5.38. The van der Waals surface area contributed by atoms with E-state index in [4.69, 9.17) is 4.42 Å². The number of ketones is 1. The molecule has 3 aromatic rings. The highest BCUT2D eigenvalue weighted by molar-refractivity contribution is 6.07. The van der Waals surface area contributed by atoms with Crippen molar-refractivity contribution in [3.63, 3.8) is 0 Å². The van der Waals surface area contributed by atoms with Gasteiger partial charge in [0.25, 0.3) is 0 Å². The van der Waals surface area contributed by atoms with E-state index in [9.17, 15) is 4.79 Å². The molecular weight excluding hydrogens is 380 g/mol. The Balaban J connectivity index is 1.42. The van der Waals surface area contributed by atoms with Crippen LogP contribution in [0.15, 0.2) is 71.4 Å². The number of hydrogen-bond acceptors (Lipinski definition) is 2. The number of allylic oxidation sites excluding steroid dienone is 1. The van der Waals surface area contributed by atoms with Gasteiger partial charge in [0, 0.05) is 12.0 Å². The van der Waals surface area contributed by atoms with Crippen LogP contribution in [-0.2, 0) is 12.8 Å². The molecule has 0 aliphatic heterocycles. The summed E-state index contributed by atoms with van der Waals surface area (Å²) in [7, 11) is 0. The van der Waals surface area contributed by atoms with Crippen molar-refractivity contribution in [2.75, 3.05) is 0 Å². The maximum absolute atomic E-state index is 12.6. The first-order valence-electron chi connectivity index (χ1n) is 11.5. The van der Waals surface area contributed by atoms with Crippen molar-refractivity contribution >= 4 is 11.9 Å². The van der Waals surface area contributed by atoms with Gasteiger partial charge in [-0.15, -0.1) is 0 Å². The van der Waals surface area contributed by atoms with Crippen molar-refractivity contribution in [3.8, 4) is 0 Å². The Kier molecular flexibility index (Phi) is 8.90. The van der Waals surface area contributed by atoms with Gasteiger partial charge in [0.2, 0.25) is 0 Å². The maximum Gasteiger partial charge on any atom is 0.186 e. The van der Waals surface area contributed by atoms with Gasteiger partial charge in [0.15, 0.2) is 5.78 Å². The molecular formula is C29H34O2. The van der Waals surface area contributed by atoms with Crippen LogP contribution in [0.2, 0.25) is 0 Å². The molecule has 0 amide bonds. The number of unbranched alkanes of at least 4 members (excludes halogenated alkanes) is 5. The molecule has 0 aliphatic rings. The number of benzene rings is 2. The van der Waals surface area contributed by atoms with E-state index in [1.165, 1.54) is 49.7 Å². The first-order valence-corrected chi connectivity index (χ1v) is 11.5. The Labute approximate surface area is 187 Å². The summed E-state index contributed by atoms with van der Waals surface area (Å²) in [6, 6.07) is 18.4. The minimum absolute atomic E-state index is 0.0712. The van der Waals surface area contributed by atoms with Gasteiger partial charge in [-0.3, -0.25) is 4.79 Å². The van der Waals surface area contributed by atoms with Crippen LogP contribution in [0.5, 0.6) is 0 Å². The average Bonchev–Trinajstić information content (AvgIpc) is 3.28. The van der Waals surface area contributed by atoms with E-state index in [2.05, 4.69) is 30.3 Å². The van der Waals surface area contributed by atoms with Gasteiger partial charge < -0.3 is 4.42 Å². The minimum Gasteiger partial charge on any atom is -0.469 e. The van der Waals surface area contributed by atoms with Crippen molar-refractivity contribution in [1.29, 1.82) is 0 Å². The number of aryl methyl sites for hydroxylation is 4. The molecule has 0 atom stereocenters. The molecule has 0 radical (unpaired) electrons. The fourth-order valence-corrected chi connectivity index (χ4v) is 4.05. The van der Waals surface area contributed by atoms with Crippen LogP contribution < -0.4 is 0 Å². The third kappa shape index (κ3) is 7.40. The van der Waals surface area contributed by atoms with Crippen LogP contribution in [0, 0.1) is 13.8 Å². The summed E-state index contributed by atoms with van der Waals surface area (Å²) in [6.07, 6.45) is 15.0. The Bertz CT molecular complexity index is 980. The van der Waals surface area contributed by atoms with Crippen LogP contribution in [0.4, 0.5) is 0 Å². The second kappa shape index (κ2) is 12.1. The lowest BCUT2D eigenvalue weighted by atomic mass is 9.98. The molecule has 0 saturated heterocycles. The van der Waals surface area contributed by atoms with E-state index in [-0.39, 0.29) is 5.78 Å². The Morgan fingerprint density at radius 3 is 2.32 bits per heavy atom. The Morgan fingerprint density at radius 1 is 0.839 bits per heavy atom. The fraction of sp³-hybridized carbons (Fsp3) is 0.345. The molecule has 0 fully saturated rings. The zero-order chi connectivity index (χ0) is 21.9. The van der Waals surface area contributed by atoms with Crippen molar-refractivity contribution in [3.05, 3.63) is 101 Å². The first kappa shape index (κ1) is 22.8. The molecule has 0 bridgehead atoms. The van der Waals surface area contributed by atoms with E-state index in [0.29, 0.717) is 0 Å². The third-order valence-electron chi connectivity index (χ3n) is 5.82. The van der Waals surface area contributed by atoms with Crippen molar-refractivity contribution < 1.29 is 9.21 Å². The minimum atomic E-state index is 0.0712. The maximum atomic E-state index is 12.6. The molecule has 1 heterocycles. The van der Waals surface area contributed by atoms with Crippen molar-refractivity contribution in [2.24, 2.45) is 0 Å². The summed E-state index contributed by atoms with van der Waals surface area (Å²) >= 11 is 0. The van der Waals surface area contributed by atoms with Gasteiger partial charge in [-0.05, 0) is 68.0 Å². The number of carbonyl (C=O) groups excluding carboxylic acids is 1. The molecule has 0 aliphatic carbocycles. The highest BCUT2D eigenvalue weighted by atomic mass is 16.3. The molecule has 31 heavy (non-hydrogen) atoms. The summed E-state index contributed by atoms with van der Waals surface area (Å²) in [6.45, 7) is 4.05. The second-order valence-electron chi connectivity index (χ2n) is 8.42. The predicted octanol–water partition coefficient (Wildman–Crippen LogP) is 7.92. The van der Waals surface area contributed by atoms with Crippen LogP contribution in [0.25, 0.3) is 6.08 Å². The van der Waals surface area contributed by atoms with Gasteiger partial charge in [0.05, 0.1) is 6.26 Å². The van der Waals surface area contributed by atoms with E-state index in [1.807, 2.05) is 44.2 Å². The standard InChI is InChI=1S/C29H34O2/c1-23-17-19-28(24(2)22-23)29(30)20-18-26-14-10-9-13-25(26)12-7-5-3-4-6-8-15-27-16-11-21-31-27/h9-11,13-14,16-22H,3-8,12,15H2,1-2H3. The molecule has 162 valence electrons. The zero-order valence-corrected chi connectivity index (χ0v) is 18.9. The zero-order valence-electron chi connectivity index (χ0n) is 18.9. The smallest absolute Gasteiger partial charge is 0.186 e. The normalized spacial score (nSPS) is 11.3. The monoisotopic (exact) mass is 414 g/mol. The Morgan fingerprint density at radius 2 is 1.58 bits per heavy atom. The van der Waals surface area contributed by atoms with Gasteiger partial charge in [-0.25, -0.2) is 0 Å². The van der Waals surface area contributed by atoms with Crippen LogP contribution in [0.1, 0.15) is 76.9 Å². The lowest BCUT2D eigenvalue weighted by Crippen LogP contribution is -1.98.